The summed E-state index contributed by atoms with van der Waals surface area (Å²) in [7, 11) is 0. The Hall–Kier alpha value is -3.51. The summed E-state index contributed by atoms with van der Waals surface area (Å²) in [6.07, 6.45) is 0.675. The summed E-state index contributed by atoms with van der Waals surface area (Å²) in [5.74, 6) is 0.296. The maximum atomic E-state index is 13.7. The summed E-state index contributed by atoms with van der Waals surface area (Å²) in [6.45, 7) is 2.89. The van der Waals surface area contributed by atoms with E-state index in [9.17, 15) is 9.18 Å². The molecule has 1 aliphatic rings. The Morgan fingerprint density at radius 2 is 1.97 bits per heavy atom. The van der Waals surface area contributed by atoms with Gasteiger partial charge in [0.15, 0.2) is 0 Å². The average Bonchev–Trinajstić information content (AvgIpc) is 3.18. The number of fused-ring (bicyclic) bond motifs is 3. The number of aromatic amines is 1. The van der Waals surface area contributed by atoms with Gasteiger partial charge in [-0.05, 0) is 66.9 Å². The number of nitrogens with one attached hydrogen (secondary N) is 2. The molecule has 2 amide bonds. The molecule has 3 aromatic carbocycles. The van der Waals surface area contributed by atoms with Crippen LogP contribution in [0.1, 0.15) is 29.8 Å². The van der Waals surface area contributed by atoms with Crippen LogP contribution in [0.5, 0.6) is 5.75 Å². The highest BCUT2D eigenvalue weighted by Crippen LogP contribution is 2.39. The van der Waals surface area contributed by atoms with Gasteiger partial charge in [0.25, 0.3) is 0 Å². The molecule has 1 atom stereocenters. The van der Waals surface area contributed by atoms with Gasteiger partial charge in [-0.1, -0.05) is 35.9 Å². The van der Waals surface area contributed by atoms with E-state index in [4.69, 9.17) is 16.3 Å². The van der Waals surface area contributed by atoms with E-state index in [2.05, 4.69) is 10.3 Å². The maximum absolute atomic E-state index is 13.7. The monoisotopic (exact) mass is 463 g/mol. The zero-order valence-corrected chi connectivity index (χ0v) is 18.8. The summed E-state index contributed by atoms with van der Waals surface area (Å²) in [4.78, 5) is 18.8. The van der Waals surface area contributed by atoms with Gasteiger partial charge in [-0.25, -0.2) is 9.18 Å². The van der Waals surface area contributed by atoms with Crippen molar-refractivity contribution < 1.29 is 13.9 Å². The SMILES string of the molecule is CCOc1ccccc1NC(=O)N1CCc2c([nH]c3ccc(Cl)cc23)[C@@H]1c1ccc(F)cc1. The topological polar surface area (TPSA) is 57.4 Å². The molecule has 0 saturated carbocycles. The van der Waals surface area contributed by atoms with Crippen LogP contribution in [0, 0.1) is 5.82 Å². The smallest absolute Gasteiger partial charge is 0.322 e. The number of amides is 2. The Bertz CT molecular complexity index is 1320. The largest absolute Gasteiger partial charge is 0.492 e. The molecule has 0 spiro atoms. The fourth-order valence-corrected chi connectivity index (χ4v) is 4.68. The zero-order valence-electron chi connectivity index (χ0n) is 18.1. The van der Waals surface area contributed by atoms with Crippen LogP contribution < -0.4 is 10.1 Å². The third-order valence-electron chi connectivity index (χ3n) is 5.96. The number of anilines is 1. The second-order valence-corrected chi connectivity index (χ2v) is 8.40. The minimum Gasteiger partial charge on any atom is -0.492 e. The van der Waals surface area contributed by atoms with Crippen LogP contribution in [-0.4, -0.2) is 29.1 Å². The number of carbonyl (C=O) groups excluding carboxylic acids is 1. The number of urea groups is 1. The number of hydrogen-bond donors (Lipinski definition) is 2. The molecule has 33 heavy (non-hydrogen) atoms. The number of para-hydroxylation sites is 2. The molecular formula is C26H23ClFN3O2. The van der Waals surface area contributed by atoms with E-state index < -0.39 is 6.04 Å². The Morgan fingerprint density at radius 1 is 1.18 bits per heavy atom. The normalized spacial score (nSPS) is 15.4. The molecule has 0 saturated heterocycles. The Balaban J connectivity index is 1.56. The first-order valence-electron chi connectivity index (χ1n) is 10.9. The highest BCUT2D eigenvalue weighted by Gasteiger charge is 2.35. The lowest BCUT2D eigenvalue weighted by Gasteiger charge is -2.36. The fourth-order valence-electron chi connectivity index (χ4n) is 4.51. The van der Waals surface area contributed by atoms with Gasteiger partial charge < -0.3 is 19.9 Å². The molecule has 1 aromatic heterocycles. The van der Waals surface area contributed by atoms with E-state index in [0.717, 1.165) is 27.7 Å². The van der Waals surface area contributed by atoms with E-state index in [-0.39, 0.29) is 11.8 Å². The number of ether oxygens (including phenoxy) is 1. The van der Waals surface area contributed by atoms with Crippen molar-refractivity contribution in [3.63, 3.8) is 0 Å². The molecule has 0 fully saturated rings. The minimum atomic E-state index is -0.403. The van der Waals surface area contributed by atoms with Crippen LogP contribution in [0.4, 0.5) is 14.9 Å². The molecule has 0 unspecified atom stereocenters. The van der Waals surface area contributed by atoms with Crippen molar-refractivity contribution in [1.29, 1.82) is 0 Å². The van der Waals surface area contributed by atoms with Crippen LogP contribution in [-0.2, 0) is 6.42 Å². The van der Waals surface area contributed by atoms with Gasteiger partial charge >= 0.3 is 6.03 Å². The number of H-pyrrole nitrogens is 1. The van der Waals surface area contributed by atoms with Gasteiger partial charge in [-0.15, -0.1) is 0 Å². The molecular weight excluding hydrogens is 441 g/mol. The lowest BCUT2D eigenvalue weighted by molar-refractivity contribution is 0.193. The summed E-state index contributed by atoms with van der Waals surface area (Å²) < 4.78 is 19.4. The van der Waals surface area contributed by atoms with Crippen molar-refractivity contribution in [3.8, 4) is 5.75 Å². The highest BCUT2D eigenvalue weighted by molar-refractivity contribution is 6.31. The molecule has 0 aliphatic carbocycles. The van der Waals surface area contributed by atoms with Crippen LogP contribution in [0.2, 0.25) is 5.02 Å². The quantitative estimate of drug-likeness (QED) is 0.361. The van der Waals surface area contributed by atoms with E-state index in [1.807, 2.05) is 49.4 Å². The third-order valence-corrected chi connectivity index (χ3v) is 6.20. The number of carbonyl (C=O) groups is 1. The summed E-state index contributed by atoms with van der Waals surface area (Å²) >= 11 is 6.26. The predicted molar refractivity (Wildman–Crippen MR) is 129 cm³/mol. The highest BCUT2D eigenvalue weighted by atomic mass is 35.5. The molecule has 7 heteroatoms. The molecule has 5 nitrogen and oxygen atoms in total. The predicted octanol–water partition coefficient (Wildman–Crippen LogP) is 6.54. The number of rotatable bonds is 4. The zero-order chi connectivity index (χ0) is 22.9. The first-order valence-corrected chi connectivity index (χ1v) is 11.3. The summed E-state index contributed by atoms with van der Waals surface area (Å²) in [5.41, 5.74) is 4.43. The van der Waals surface area contributed by atoms with Crippen LogP contribution >= 0.6 is 11.6 Å². The van der Waals surface area contributed by atoms with Crippen LogP contribution in [0.3, 0.4) is 0 Å². The molecule has 0 radical (unpaired) electrons. The van der Waals surface area contributed by atoms with Crippen molar-refractivity contribution in [2.24, 2.45) is 0 Å². The number of nitrogens with zero attached hydrogens (tertiary/aromatic N) is 1. The van der Waals surface area contributed by atoms with E-state index in [1.54, 1.807) is 17.0 Å². The number of aromatic nitrogens is 1. The van der Waals surface area contributed by atoms with Gasteiger partial charge in [-0.3, -0.25) is 0 Å². The van der Waals surface area contributed by atoms with Crippen molar-refractivity contribution in [2.75, 3.05) is 18.5 Å². The van der Waals surface area contributed by atoms with Gasteiger partial charge in [-0.2, -0.15) is 0 Å². The first-order chi connectivity index (χ1) is 16.0. The second-order valence-electron chi connectivity index (χ2n) is 7.96. The van der Waals surface area contributed by atoms with E-state index in [0.29, 0.717) is 36.0 Å². The summed E-state index contributed by atoms with van der Waals surface area (Å²) in [5, 5.41) is 4.71. The molecule has 1 aliphatic heterocycles. The fraction of sp³-hybridized carbons (Fsp3) is 0.192. The van der Waals surface area contributed by atoms with Crippen molar-refractivity contribution in [1.82, 2.24) is 9.88 Å². The molecule has 5 rings (SSSR count). The van der Waals surface area contributed by atoms with Gasteiger partial charge in [0.05, 0.1) is 18.3 Å². The van der Waals surface area contributed by atoms with Gasteiger partial charge in [0, 0.05) is 28.2 Å². The Morgan fingerprint density at radius 3 is 2.76 bits per heavy atom. The Labute approximate surface area is 196 Å². The molecule has 168 valence electrons. The summed E-state index contributed by atoms with van der Waals surface area (Å²) in [6, 6.07) is 18.7. The van der Waals surface area contributed by atoms with Crippen LogP contribution in [0.25, 0.3) is 10.9 Å². The molecule has 2 heterocycles. The standard InChI is InChI=1S/C26H23ClFN3O2/c1-2-33-23-6-4-3-5-22(23)30-26(32)31-14-13-19-20-15-17(27)9-12-21(20)29-24(19)25(31)16-7-10-18(28)11-8-16/h3-12,15,25,29H,2,13-14H2,1H3,(H,30,32)/t25-/m0/s1. The average molecular weight is 464 g/mol. The van der Waals surface area contributed by atoms with E-state index >= 15 is 0 Å². The minimum absolute atomic E-state index is 0.251. The number of hydrogen-bond acceptors (Lipinski definition) is 2. The first kappa shape index (κ1) is 21.3. The maximum Gasteiger partial charge on any atom is 0.322 e. The van der Waals surface area contributed by atoms with Crippen molar-refractivity contribution >= 4 is 34.2 Å². The lowest BCUT2D eigenvalue weighted by Crippen LogP contribution is -2.43. The van der Waals surface area contributed by atoms with Crippen LogP contribution in [0.15, 0.2) is 66.7 Å². The third kappa shape index (κ3) is 4.02. The van der Waals surface area contributed by atoms with Crippen molar-refractivity contribution in [2.45, 2.75) is 19.4 Å². The lowest BCUT2D eigenvalue weighted by atomic mass is 9.92. The molecule has 0 bridgehead atoms. The van der Waals surface area contributed by atoms with Gasteiger partial charge in [0.2, 0.25) is 0 Å². The number of halogens is 2. The second kappa shape index (κ2) is 8.79. The molecule has 2 N–H and O–H groups in total. The van der Waals surface area contributed by atoms with Gasteiger partial charge in [0.1, 0.15) is 11.6 Å². The van der Waals surface area contributed by atoms with E-state index in [1.165, 1.54) is 12.1 Å². The number of benzene rings is 3. The van der Waals surface area contributed by atoms with Crippen molar-refractivity contribution in [3.05, 3.63) is 94.4 Å². The Kier molecular flexibility index (Phi) is 5.68. The molecule has 4 aromatic rings.